The van der Waals surface area contributed by atoms with Gasteiger partial charge in [-0.05, 0) is 75.1 Å². The van der Waals surface area contributed by atoms with Crippen LogP contribution < -0.4 is 9.46 Å². The van der Waals surface area contributed by atoms with E-state index in [1.807, 2.05) is 40.7 Å². The Kier molecular flexibility index (Phi) is 5.75. The lowest BCUT2D eigenvalue weighted by Gasteiger charge is -2.17. The molecule has 0 aliphatic carbocycles. The quantitative estimate of drug-likeness (QED) is 0.822. The second kappa shape index (κ2) is 7.45. The van der Waals surface area contributed by atoms with Gasteiger partial charge in [0.1, 0.15) is 5.75 Å². The molecule has 6 heteroatoms. The second-order valence-corrected chi connectivity index (χ2v) is 7.73. The smallest absolute Gasteiger partial charge is 0.262 e. The largest absolute Gasteiger partial charge is 0.494 e. The van der Waals surface area contributed by atoms with Gasteiger partial charge in [-0.3, -0.25) is 4.72 Å². The number of aliphatic hydroxyl groups is 1. The van der Waals surface area contributed by atoms with E-state index in [1.54, 1.807) is 18.2 Å². The zero-order valence-corrected chi connectivity index (χ0v) is 16.1. The Morgan fingerprint density at radius 3 is 2.16 bits per heavy atom. The van der Waals surface area contributed by atoms with Crippen molar-refractivity contribution >= 4 is 15.7 Å². The van der Waals surface area contributed by atoms with Gasteiger partial charge in [0.05, 0.1) is 18.1 Å². The summed E-state index contributed by atoms with van der Waals surface area (Å²) in [7, 11) is -3.74. The van der Waals surface area contributed by atoms with Crippen LogP contribution in [0.1, 0.15) is 34.7 Å². The van der Waals surface area contributed by atoms with E-state index in [-0.39, 0.29) is 6.61 Å². The highest BCUT2D eigenvalue weighted by Crippen LogP contribution is 2.29. The topological polar surface area (TPSA) is 75.6 Å². The van der Waals surface area contributed by atoms with Crippen LogP contribution in [0.3, 0.4) is 0 Å². The van der Waals surface area contributed by atoms with Gasteiger partial charge in [0.25, 0.3) is 10.0 Å². The highest BCUT2D eigenvalue weighted by atomic mass is 32.2. The molecule has 136 valence electrons. The summed E-state index contributed by atoms with van der Waals surface area (Å²) in [4.78, 5) is 0.310. The first-order chi connectivity index (χ1) is 11.7. The molecule has 0 aliphatic heterocycles. The molecular weight excluding hydrogens is 338 g/mol. The van der Waals surface area contributed by atoms with E-state index in [2.05, 4.69) is 4.72 Å². The predicted molar refractivity (Wildman–Crippen MR) is 99.7 cm³/mol. The van der Waals surface area contributed by atoms with Crippen molar-refractivity contribution in [3.63, 3.8) is 0 Å². The Balaban J connectivity index is 2.47. The molecule has 0 heterocycles. The molecule has 0 aromatic heterocycles. The van der Waals surface area contributed by atoms with Crippen molar-refractivity contribution in [2.45, 2.75) is 46.1 Å². The molecule has 0 saturated carbocycles. The van der Waals surface area contributed by atoms with E-state index in [1.165, 1.54) is 0 Å². The number of hydrogen-bond acceptors (Lipinski definition) is 4. The summed E-state index contributed by atoms with van der Waals surface area (Å²) in [6.45, 7) is 9.53. The monoisotopic (exact) mass is 363 g/mol. The SMILES string of the molecule is CCOc1ccc(NS(=O)(=O)c2c(C)c(C)cc(C)c2C)cc1CO. The molecule has 0 fully saturated rings. The normalized spacial score (nSPS) is 11.4. The van der Waals surface area contributed by atoms with Gasteiger partial charge in [-0.25, -0.2) is 8.42 Å². The molecule has 2 rings (SSSR count). The van der Waals surface area contributed by atoms with Crippen LogP contribution >= 0.6 is 0 Å². The molecule has 2 N–H and O–H groups in total. The van der Waals surface area contributed by atoms with Crippen molar-refractivity contribution in [2.75, 3.05) is 11.3 Å². The fourth-order valence-corrected chi connectivity index (χ4v) is 4.52. The lowest BCUT2D eigenvalue weighted by atomic mass is 10.0. The first kappa shape index (κ1) is 19.3. The van der Waals surface area contributed by atoms with Gasteiger partial charge in [0, 0.05) is 11.3 Å². The predicted octanol–water partition coefficient (Wildman–Crippen LogP) is 3.61. The molecule has 0 bridgehead atoms. The number of aryl methyl sites for hydroxylation is 2. The van der Waals surface area contributed by atoms with Gasteiger partial charge in [0.15, 0.2) is 0 Å². The number of nitrogens with one attached hydrogen (secondary N) is 1. The number of anilines is 1. The van der Waals surface area contributed by atoms with E-state index < -0.39 is 10.0 Å². The van der Waals surface area contributed by atoms with Crippen LogP contribution in [0.25, 0.3) is 0 Å². The van der Waals surface area contributed by atoms with Crippen molar-refractivity contribution in [1.29, 1.82) is 0 Å². The second-order valence-electron chi connectivity index (χ2n) is 6.11. The summed E-state index contributed by atoms with van der Waals surface area (Å²) in [5.41, 5.74) is 4.28. The highest BCUT2D eigenvalue weighted by Gasteiger charge is 2.22. The van der Waals surface area contributed by atoms with Crippen LogP contribution in [-0.4, -0.2) is 20.1 Å². The zero-order chi connectivity index (χ0) is 18.8. The lowest BCUT2D eigenvalue weighted by molar-refractivity contribution is 0.267. The molecular formula is C19H25NO4S. The number of sulfonamides is 1. The van der Waals surface area contributed by atoms with Crippen molar-refractivity contribution in [3.8, 4) is 5.75 Å². The minimum Gasteiger partial charge on any atom is -0.494 e. The van der Waals surface area contributed by atoms with E-state index in [0.717, 1.165) is 22.3 Å². The fraction of sp³-hybridized carbons (Fsp3) is 0.368. The summed E-state index contributed by atoms with van der Waals surface area (Å²) in [6, 6.07) is 6.88. The average molecular weight is 363 g/mol. The molecule has 0 saturated heterocycles. The van der Waals surface area contributed by atoms with Crippen LogP contribution in [0, 0.1) is 27.7 Å². The van der Waals surface area contributed by atoms with Gasteiger partial charge in [-0.2, -0.15) is 0 Å². The number of ether oxygens (including phenoxy) is 1. The number of aliphatic hydroxyl groups excluding tert-OH is 1. The highest BCUT2D eigenvalue weighted by molar-refractivity contribution is 7.92. The molecule has 0 amide bonds. The molecule has 0 unspecified atom stereocenters. The van der Waals surface area contributed by atoms with Gasteiger partial charge in [0.2, 0.25) is 0 Å². The van der Waals surface area contributed by atoms with Crippen LogP contribution in [0.5, 0.6) is 5.75 Å². The van der Waals surface area contributed by atoms with Gasteiger partial charge < -0.3 is 9.84 Å². The minimum absolute atomic E-state index is 0.230. The Hall–Kier alpha value is -2.05. The maximum Gasteiger partial charge on any atom is 0.262 e. The van der Waals surface area contributed by atoms with Crippen molar-refractivity contribution < 1.29 is 18.3 Å². The third kappa shape index (κ3) is 3.96. The number of rotatable bonds is 6. The molecule has 0 radical (unpaired) electrons. The minimum atomic E-state index is -3.74. The summed E-state index contributed by atoms with van der Waals surface area (Å²) < 4.78 is 34.0. The first-order valence-electron chi connectivity index (χ1n) is 8.18. The molecule has 0 aliphatic rings. The standard InChI is InChI=1S/C19H25NO4S/c1-6-24-18-8-7-17(10-16(18)11-21)20-25(22,23)19-14(4)12(2)9-13(3)15(19)5/h7-10,20-21H,6,11H2,1-5H3. The van der Waals surface area contributed by atoms with Crippen LogP contribution in [0.2, 0.25) is 0 Å². The molecule has 0 spiro atoms. The molecule has 2 aromatic rings. The number of hydrogen-bond donors (Lipinski definition) is 2. The Morgan fingerprint density at radius 2 is 1.64 bits per heavy atom. The molecule has 2 aromatic carbocycles. The van der Waals surface area contributed by atoms with E-state index in [9.17, 15) is 13.5 Å². The summed E-state index contributed by atoms with van der Waals surface area (Å²) >= 11 is 0. The molecule has 0 atom stereocenters. The Bertz CT molecular complexity index is 863. The summed E-state index contributed by atoms with van der Waals surface area (Å²) in [5, 5.41) is 9.49. The Morgan fingerprint density at radius 1 is 1.04 bits per heavy atom. The van der Waals surface area contributed by atoms with E-state index >= 15 is 0 Å². The molecule has 5 nitrogen and oxygen atoms in total. The summed E-state index contributed by atoms with van der Waals surface area (Å²) in [6.07, 6.45) is 0. The maximum atomic E-state index is 13.0. The van der Waals surface area contributed by atoms with Crippen LogP contribution in [0.4, 0.5) is 5.69 Å². The molecule has 25 heavy (non-hydrogen) atoms. The first-order valence-corrected chi connectivity index (χ1v) is 9.66. The Labute approximate surface area is 149 Å². The van der Waals surface area contributed by atoms with E-state index in [0.29, 0.717) is 28.5 Å². The van der Waals surface area contributed by atoms with Crippen molar-refractivity contribution in [2.24, 2.45) is 0 Å². The third-order valence-electron chi connectivity index (χ3n) is 4.35. The zero-order valence-electron chi connectivity index (χ0n) is 15.3. The van der Waals surface area contributed by atoms with Crippen molar-refractivity contribution in [3.05, 3.63) is 52.1 Å². The fourth-order valence-electron chi connectivity index (χ4n) is 2.85. The van der Waals surface area contributed by atoms with Crippen LogP contribution in [0.15, 0.2) is 29.2 Å². The van der Waals surface area contributed by atoms with Crippen molar-refractivity contribution in [1.82, 2.24) is 0 Å². The average Bonchev–Trinajstić information content (AvgIpc) is 2.54. The number of benzene rings is 2. The van der Waals surface area contributed by atoms with Gasteiger partial charge >= 0.3 is 0 Å². The third-order valence-corrected chi connectivity index (χ3v) is 6.00. The summed E-state index contributed by atoms with van der Waals surface area (Å²) in [5.74, 6) is 0.548. The lowest BCUT2D eigenvalue weighted by Crippen LogP contribution is -2.17. The van der Waals surface area contributed by atoms with Gasteiger partial charge in [-0.1, -0.05) is 6.07 Å². The van der Waals surface area contributed by atoms with Crippen LogP contribution in [-0.2, 0) is 16.6 Å². The van der Waals surface area contributed by atoms with E-state index in [4.69, 9.17) is 4.74 Å². The van der Waals surface area contributed by atoms with Gasteiger partial charge in [-0.15, -0.1) is 0 Å². The maximum absolute atomic E-state index is 13.0.